The highest BCUT2D eigenvalue weighted by molar-refractivity contribution is 14.2. The normalized spacial score (nSPS) is 11.7. The fourth-order valence-corrected chi connectivity index (χ4v) is 4.04. The molecule has 0 aliphatic carbocycles. The van der Waals surface area contributed by atoms with Gasteiger partial charge in [-0.05, 0) is 92.2 Å². The molecule has 0 spiro atoms. The zero-order valence-corrected chi connectivity index (χ0v) is 22.5. The number of halogens is 9. The first kappa shape index (κ1) is 25.2. The summed E-state index contributed by atoms with van der Waals surface area (Å²) in [6, 6.07) is 8.00. The fraction of sp³-hybridized carbons (Fsp3) is 0.100. The Kier molecular flexibility index (Phi) is 7.68. The number of hydrogen-bond acceptors (Lipinski definition) is 2. The maximum absolute atomic E-state index is 14.7. The molecule has 164 valence electrons. The quantitative estimate of drug-likeness (QED) is 0.120. The van der Waals surface area contributed by atoms with Crippen molar-refractivity contribution in [2.45, 2.75) is 17.7 Å². The molecule has 0 aromatic heterocycles. The van der Waals surface area contributed by atoms with Crippen molar-refractivity contribution in [2.24, 2.45) is 0 Å². The third-order valence-corrected chi connectivity index (χ3v) is 8.86. The van der Waals surface area contributed by atoms with Crippen LogP contribution in [0, 0.1) is 30.2 Å². The number of aryl methyl sites for hydroxylation is 1. The summed E-state index contributed by atoms with van der Waals surface area (Å²) in [6.07, 6.45) is 0. The molecule has 0 bridgehead atoms. The Morgan fingerprint density at radius 1 is 0.903 bits per heavy atom. The first-order valence-corrected chi connectivity index (χ1v) is 11.9. The second-order valence-corrected chi connectivity index (χ2v) is 12.2. The van der Waals surface area contributed by atoms with Crippen LogP contribution in [0.2, 0.25) is 0 Å². The van der Waals surface area contributed by atoms with Crippen LogP contribution in [-0.2, 0) is 5.92 Å². The van der Waals surface area contributed by atoms with Crippen molar-refractivity contribution in [1.82, 2.24) is 0 Å². The third kappa shape index (κ3) is 4.78. The van der Waals surface area contributed by atoms with Gasteiger partial charge >= 0.3 is 5.92 Å². The largest absolute Gasteiger partial charge is 0.450 e. The van der Waals surface area contributed by atoms with Crippen molar-refractivity contribution in [3.63, 3.8) is 0 Å². The highest BCUT2D eigenvalue weighted by Gasteiger charge is 2.45. The van der Waals surface area contributed by atoms with Crippen LogP contribution in [0.1, 0.15) is 11.1 Å². The molecule has 0 saturated heterocycles. The molecular formula is C20H9F6I3OS. The zero-order chi connectivity index (χ0) is 23.2. The molecule has 1 nitrogen and oxygen atoms in total. The van der Waals surface area contributed by atoms with Crippen molar-refractivity contribution in [2.75, 3.05) is 0 Å². The van der Waals surface area contributed by atoms with Crippen LogP contribution < -0.4 is 4.74 Å². The molecule has 0 aliphatic rings. The lowest BCUT2D eigenvalue weighted by atomic mass is 10.0. The van der Waals surface area contributed by atoms with Gasteiger partial charge in [0.1, 0.15) is 11.3 Å². The third-order valence-electron chi connectivity index (χ3n) is 4.25. The molecule has 0 unspecified atom stereocenters. The van der Waals surface area contributed by atoms with Gasteiger partial charge in [0, 0.05) is 10.3 Å². The minimum atomic E-state index is -4.29. The lowest BCUT2D eigenvalue weighted by Gasteiger charge is -2.20. The molecule has 11 heteroatoms. The molecule has 0 amide bonds. The predicted octanol–water partition coefficient (Wildman–Crippen LogP) is 9.35. The average molecular weight is 792 g/mol. The maximum Gasteiger partial charge on any atom is 0.311 e. The Morgan fingerprint density at radius 2 is 1.48 bits per heavy atom. The van der Waals surface area contributed by atoms with Crippen LogP contribution in [0.25, 0.3) is 10.8 Å². The SMILES string of the molecule is Cc1ccc2c(Oc3c(F)c(F)c(C(F)(F)C(I)=C(I)I)c(F)c3F)cc(S)cc2c1. The van der Waals surface area contributed by atoms with Crippen LogP contribution in [0.15, 0.2) is 40.4 Å². The molecule has 3 rings (SSSR count). The Hall–Kier alpha value is -0.420. The van der Waals surface area contributed by atoms with Gasteiger partial charge < -0.3 is 4.74 Å². The van der Waals surface area contributed by atoms with E-state index in [-0.39, 0.29) is 7.34 Å². The Balaban J connectivity index is 2.22. The van der Waals surface area contributed by atoms with Crippen LogP contribution in [0.4, 0.5) is 26.3 Å². The summed E-state index contributed by atoms with van der Waals surface area (Å²) in [5.74, 6) is -14.5. The van der Waals surface area contributed by atoms with E-state index < -0.39 is 44.1 Å². The van der Waals surface area contributed by atoms with E-state index in [0.29, 0.717) is 15.7 Å². The summed E-state index contributed by atoms with van der Waals surface area (Å²) in [5.41, 5.74) is -1.14. The van der Waals surface area contributed by atoms with Gasteiger partial charge in [-0.15, -0.1) is 12.6 Å². The number of benzene rings is 3. The Labute approximate surface area is 219 Å². The summed E-state index contributed by atoms with van der Waals surface area (Å²) in [6.45, 7) is 1.82. The molecule has 0 N–H and O–H groups in total. The van der Waals surface area contributed by atoms with Crippen LogP contribution in [0.3, 0.4) is 0 Å². The summed E-state index contributed by atoms with van der Waals surface area (Å²) in [5, 5.41) is 0.984. The van der Waals surface area contributed by atoms with Crippen LogP contribution in [0.5, 0.6) is 11.5 Å². The molecular weight excluding hydrogens is 783 g/mol. The van der Waals surface area contributed by atoms with E-state index in [1.54, 1.807) is 24.3 Å². The molecule has 31 heavy (non-hydrogen) atoms. The first-order valence-electron chi connectivity index (χ1n) is 8.23. The lowest BCUT2D eigenvalue weighted by molar-refractivity contribution is 0.0397. The standard InChI is InChI=1S/C20H9F6I3OS/c1-7-2-3-10-8(4-7)5-9(31)6-11(10)30-17-15(23)13(21)12(14(22)16(17)24)20(25,26)18(27)19(28)29/h2-6,31H,1H3. The minimum absolute atomic E-state index is 0.0203. The molecule has 0 aliphatic heterocycles. The van der Waals surface area contributed by atoms with Crippen LogP contribution >= 0.6 is 80.4 Å². The lowest BCUT2D eigenvalue weighted by Crippen LogP contribution is -2.21. The Bertz CT molecular complexity index is 1210. The molecule has 0 radical (unpaired) electrons. The fourth-order valence-electron chi connectivity index (χ4n) is 2.84. The van der Waals surface area contributed by atoms with Crippen molar-refractivity contribution < 1.29 is 31.1 Å². The van der Waals surface area contributed by atoms with Gasteiger partial charge in [0.05, 0.1) is 5.17 Å². The van der Waals surface area contributed by atoms with Crippen molar-refractivity contribution in [1.29, 1.82) is 0 Å². The van der Waals surface area contributed by atoms with E-state index in [1.807, 2.05) is 6.92 Å². The second kappa shape index (κ2) is 9.44. The van der Waals surface area contributed by atoms with Crippen LogP contribution in [-0.4, -0.2) is 0 Å². The summed E-state index contributed by atoms with van der Waals surface area (Å²) in [4.78, 5) is 0.356. The second-order valence-electron chi connectivity index (χ2n) is 6.38. The van der Waals surface area contributed by atoms with Crippen molar-refractivity contribution in [3.05, 3.63) is 69.9 Å². The summed E-state index contributed by atoms with van der Waals surface area (Å²) in [7, 11) is 0. The van der Waals surface area contributed by atoms with Gasteiger partial charge in [0.15, 0.2) is 11.6 Å². The van der Waals surface area contributed by atoms with Gasteiger partial charge in [-0.2, -0.15) is 17.6 Å². The number of alkyl halides is 2. The average Bonchev–Trinajstić information content (AvgIpc) is 2.68. The number of thiol groups is 1. The molecule has 0 heterocycles. The van der Waals surface area contributed by atoms with E-state index in [2.05, 4.69) is 12.6 Å². The first-order chi connectivity index (χ1) is 14.4. The van der Waals surface area contributed by atoms with Gasteiger partial charge in [-0.25, -0.2) is 8.78 Å². The number of ether oxygens (including phenoxy) is 1. The highest BCUT2D eigenvalue weighted by Crippen LogP contribution is 2.48. The molecule has 0 saturated carbocycles. The monoisotopic (exact) mass is 792 g/mol. The molecule has 3 aromatic carbocycles. The number of hydrogen-bond donors (Lipinski definition) is 1. The topological polar surface area (TPSA) is 9.23 Å². The van der Waals surface area contributed by atoms with E-state index in [4.69, 9.17) is 4.74 Å². The van der Waals surface area contributed by atoms with Gasteiger partial charge in [0.2, 0.25) is 17.4 Å². The maximum atomic E-state index is 14.7. The van der Waals surface area contributed by atoms with Crippen molar-refractivity contribution in [3.8, 4) is 11.5 Å². The highest BCUT2D eigenvalue weighted by atomic mass is 127. The molecule has 0 fully saturated rings. The smallest absolute Gasteiger partial charge is 0.311 e. The summed E-state index contributed by atoms with van der Waals surface area (Å²) < 4.78 is 92.1. The van der Waals surface area contributed by atoms with Gasteiger partial charge in [-0.1, -0.05) is 23.8 Å². The minimum Gasteiger partial charge on any atom is -0.450 e. The summed E-state index contributed by atoms with van der Waals surface area (Å²) >= 11 is 8.39. The van der Waals surface area contributed by atoms with Gasteiger partial charge in [0.25, 0.3) is 0 Å². The zero-order valence-electron chi connectivity index (χ0n) is 15.1. The molecule has 0 atom stereocenters. The number of allylic oxidation sites excluding steroid dienone is 1. The van der Waals surface area contributed by atoms with Gasteiger partial charge in [-0.3, -0.25) is 0 Å². The van der Waals surface area contributed by atoms with E-state index in [1.165, 1.54) is 73.8 Å². The number of fused-ring (bicyclic) bond motifs is 1. The van der Waals surface area contributed by atoms with E-state index >= 15 is 0 Å². The number of rotatable bonds is 4. The van der Waals surface area contributed by atoms with E-state index in [0.717, 1.165) is 5.56 Å². The van der Waals surface area contributed by atoms with Crippen molar-refractivity contribution >= 4 is 91.2 Å². The molecule has 3 aromatic rings. The van der Waals surface area contributed by atoms with E-state index in [9.17, 15) is 26.3 Å². The Morgan fingerprint density at radius 3 is 2.03 bits per heavy atom. The predicted molar refractivity (Wildman–Crippen MR) is 135 cm³/mol.